The van der Waals surface area contributed by atoms with E-state index in [0.717, 1.165) is 6.42 Å². The lowest BCUT2D eigenvalue weighted by Gasteiger charge is -2.19. The molecular weight excluding hydrogens is 304 g/mol. The minimum atomic E-state index is -5.54. The van der Waals surface area contributed by atoms with Gasteiger partial charge in [0.25, 0.3) is 0 Å². The summed E-state index contributed by atoms with van der Waals surface area (Å²) in [5.41, 5.74) is 0. The van der Waals surface area contributed by atoms with Crippen LogP contribution in [0, 0.1) is 0 Å². The van der Waals surface area contributed by atoms with Gasteiger partial charge in [0, 0.05) is 0 Å². The first kappa shape index (κ1) is 17.7. The van der Waals surface area contributed by atoms with Crippen molar-refractivity contribution in [3.8, 4) is 0 Å². The number of aromatic nitrogens is 2. The van der Waals surface area contributed by atoms with Crippen molar-refractivity contribution < 1.29 is 30.8 Å². The van der Waals surface area contributed by atoms with Crippen molar-refractivity contribution in [3.05, 3.63) is 11.8 Å². The summed E-state index contributed by atoms with van der Waals surface area (Å²) in [5, 5.41) is 9.15. The molecule has 0 saturated heterocycles. The van der Waals surface area contributed by atoms with E-state index in [4.69, 9.17) is 0 Å². The molecule has 1 unspecified atom stereocenters. The van der Waals surface area contributed by atoms with Crippen LogP contribution in [0.5, 0.6) is 0 Å². The van der Waals surface area contributed by atoms with Crippen molar-refractivity contribution in [3.63, 3.8) is 0 Å². The van der Waals surface area contributed by atoms with E-state index in [1.807, 2.05) is 6.92 Å². The molecule has 0 saturated carbocycles. The number of nitrogens with zero attached hydrogens (tertiary/aromatic N) is 2. The molecule has 0 fully saturated rings. The van der Waals surface area contributed by atoms with Crippen molar-refractivity contribution in [1.29, 1.82) is 0 Å². The summed E-state index contributed by atoms with van der Waals surface area (Å²) in [5.74, 6) is -5.53. The average Bonchev–Trinajstić information content (AvgIpc) is 2.75. The van der Waals surface area contributed by atoms with Gasteiger partial charge in [-0.25, -0.2) is 0 Å². The lowest BCUT2D eigenvalue weighted by molar-refractivity contribution is -0.258. The number of hydrogen-bond donors (Lipinski definition) is 1. The van der Waals surface area contributed by atoms with E-state index >= 15 is 0 Å². The molecular formula is C11H15F6N3O. The van der Waals surface area contributed by atoms with Crippen molar-refractivity contribution in [2.24, 2.45) is 0 Å². The molecule has 0 radical (unpaired) electrons. The van der Waals surface area contributed by atoms with E-state index in [9.17, 15) is 26.3 Å². The quantitative estimate of drug-likeness (QED) is 0.812. The van der Waals surface area contributed by atoms with Gasteiger partial charge in [-0.3, -0.25) is 0 Å². The zero-order valence-electron chi connectivity index (χ0n) is 11.3. The molecule has 10 heteroatoms. The first-order valence-electron chi connectivity index (χ1n) is 6.31. The van der Waals surface area contributed by atoms with Gasteiger partial charge in [-0.2, -0.15) is 26.3 Å². The van der Waals surface area contributed by atoms with Gasteiger partial charge in [0.2, 0.25) is 17.7 Å². The molecule has 0 bridgehead atoms. The zero-order valence-corrected chi connectivity index (χ0v) is 11.3. The van der Waals surface area contributed by atoms with Crippen LogP contribution in [0.2, 0.25) is 0 Å². The highest BCUT2D eigenvalue weighted by molar-refractivity contribution is 5.01. The van der Waals surface area contributed by atoms with E-state index in [0.29, 0.717) is 13.0 Å². The first-order chi connectivity index (χ1) is 9.61. The van der Waals surface area contributed by atoms with Crippen LogP contribution in [0.3, 0.4) is 0 Å². The Morgan fingerprint density at radius 3 is 1.95 bits per heavy atom. The van der Waals surface area contributed by atoms with Crippen molar-refractivity contribution in [2.45, 2.75) is 51.0 Å². The Bertz CT molecular complexity index is 428. The van der Waals surface area contributed by atoms with Crippen LogP contribution in [0.1, 0.15) is 50.4 Å². The molecule has 1 atom stereocenters. The smallest absolute Gasteiger partial charge is 0.409 e. The van der Waals surface area contributed by atoms with Gasteiger partial charge in [0.1, 0.15) is 0 Å². The highest BCUT2D eigenvalue weighted by Gasteiger charge is 2.60. The molecule has 21 heavy (non-hydrogen) atoms. The molecule has 1 aromatic rings. The molecule has 1 N–H and O–H groups in total. The highest BCUT2D eigenvalue weighted by atomic mass is 19.4. The molecule has 122 valence electrons. The Morgan fingerprint density at radius 2 is 1.52 bits per heavy atom. The molecule has 1 rings (SSSR count). The topological polar surface area (TPSA) is 51.0 Å². The van der Waals surface area contributed by atoms with Gasteiger partial charge in [-0.1, -0.05) is 13.8 Å². The van der Waals surface area contributed by atoms with Gasteiger partial charge >= 0.3 is 12.4 Å². The first-order valence-corrected chi connectivity index (χ1v) is 6.31. The second kappa shape index (κ2) is 6.63. The highest BCUT2D eigenvalue weighted by Crippen LogP contribution is 2.45. The summed E-state index contributed by atoms with van der Waals surface area (Å²) in [6.45, 7) is 4.09. The van der Waals surface area contributed by atoms with Gasteiger partial charge in [-0.15, -0.1) is 10.2 Å². The molecule has 0 amide bonds. The molecule has 0 aliphatic carbocycles. The van der Waals surface area contributed by atoms with Crippen LogP contribution in [0.15, 0.2) is 4.42 Å². The summed E-state index contributed by atoms with van der Waals surface area (Å²) >= 11 is 0. The Kier molecular flexibility index (Phi) is 5.60. The Labute approximate surface area is 116 Å². The fourth-order valence-corrected chi connectivity index (χ4v) is 1.69. The third kappa shape index (κ3) is 4.58. The Balaban J connectivity index is 3.04. The summed E-state index contributed by atoms with van der Waals surface area (Å²) in [4.78, 5) is 0. The summed E-state index contributed by atoms with van der Waals surface area (Å²) < 4.78 is 79.8. The molecule has 4 nitrogen and oxygen atoms in total. The molecule has 0 spiro atoms. The van der Waals surface area contributed by atoms with Gasteiger partial charge < -0.3 is 9.73 Å². The predicted octanol–water partition coefficient (Wildman–Crippen LogP) is 3.73. The third-order valence-electron chi connectivity index (χ3n) is 2.70. The standard InChI is InChI=1S/C11H15F6N3O/c1-3-5-18-6(4-2)8-19-20-9(21-8)7(10(12,13)14)11(15,16)17/h6-7,18H,3-5H2,1-2H3. The van der Waals surface area contributed by atoms with E-state index in [1.54, 1.807) is 6.92 Å². The molecule has 0 aromatic carbocycles. The average molecular weight is 319 g/mol. The summed E-state index contributed by atoms with van der Waals surface area (Å²) in [6.07, 6.45) is -9.95. The number of rotatable bonds is 6. The maximum atomic E-state index is 12.5. The fourth-order valence-electron chi connectivity index (χ4n) is 1.69. The van der Waals surface area contributed by atoms with E-state index in [2.05, 4.69) is 19.9 Å². The second-order valence-electron chi connectivity index (χ2n) is 4.41. The van der Waals surface area contributed by atoms with E-state index < -0.39 is 30.2 Å². The van der Waals surface area contributed by atoms with E-state index in [1.165, 1.54) is 0 Å². The van der Waals surface area contributed by atoms with Crippen LogP contribution >= 0.6 is 0 Å². The van der Waals surface area contributed by atoms with Crippen molar-refractivity contribution in [2.75, 3.05) is 6.54 Å². The van der Waals surface area contributed by atoms with Crippen molar-refractivity contribution >= 4 is 0 Å². The number of hydrogen-bond acceptors (Lipinski definition) is 4. The molecule has 1 heterocycles. The largest absolute Gasteiger partial charge is 0.423 e. The van der Waals surface area contributed by atoms with Crippen LogP contribution < -0.4 is 5.32 Å². The normalized spacial score (nSPS) is 14.7. The minimum Gasteiger partial charge on any atom is -0.423 e. The monoisotopic (exact) mass is 319 g/mol. The number of halogens is 6. The SMILES string of the molecule is CCCNC(CC)c1nnc(C(C(F)(F)F)C(F)(F)F)o1. The van der Waals surface area contributed by atoms with Crippen LogP contribution in [-0.2, 0) is 0 Å². The van der Waals surface area contributed by atoms with Gasteiger partial charge in [-0.05, 0) is 19.4 Å². The second-order valence-corrected chi connectivity index (χ2v) is 4.41. The minimum absolute atomic E-state index is 0.278. The summed E-state index contributed by atoms with van der Waals surface area (Å²) in [7, 11) is 0. The number of alkyl halides is 6. The Morgan fingerprint density at radius 1 is 1.00 bits per heavy atom. The fraction of sp³-hybridized carbons (Fsp3) is 0.818. The molecule has 0 aliphatic heterocycles. The Hall–Kier alpha value is -1.32. The van der Waals surface area contributed by atoms with Crippen LogP contribution in [-0.4, -0.2) is 29.1 Å². The van der Waals surface area contributed by atoms with Crippen molar-refractivity contribution in [1.82, 2.24) is 15.5 Å². The summed E-state index contributed by atoms with van der Waals surface area (Å²) in [6, 6.07) is -0.576. The maximum Gasteiger partial charge on any atom is 0.409 e. The molecule has 0 aliphatic rings. The lowest BCUT2D eigenvalue weighted by atomic mass is 10.1. The predicted molar refractivity (Wildman–Crippen MR) is 60.5 cm³/mol. The zero-order chi connectivity index (χ0) is 16.3. The van der Waals surface area contributed by atoms with Crippen LogP contribution in [0.25, 0.3) is 0 Å². The maximum absolute atomic E-state index is 12.5. The van der Waals surface area contributed by atoms with E-state index in [-0.39, 0.29) is 5.89 Å². The third-order valence-corrected chi connectivity index (χ3v) is 2.70. The van der Waals surface area contributed by atoms with Gasteiger partial charge in [0.15, 0.2) is 0 Å². The van der Waals surface area contributed by atoms with Crippen LogP contribution in [0.4, 0.5) is 26.3 Å². The number of nitrogens with one attached hydrogen (secondary N) is 1. The molecule has 1 aromatic heterocycles. The lowest BCUT2D eigenvalue weighted by Crippen LogP contribution is -2.34. The van der Waals surface area contributed by atoms with Gasteiger partial charge in [0.05, 0.1) is 6.04 Å².